The number of methoxy groups -OCH3 is 1. The lowest BCUT2D eigenvalue weighted by atomic mass is 9.89. The molecule has 0 saturated heterocycles. The van der Waals surface area contributed by atoms with E-state index in [1.807, 2.05) is 90.0 Å². The molecule has 0 unspecified atom stereocenters. The van der Waals surface area contributed by atoms with Crippen molar-refractivity contribution in [1.82, 2.24) is 0 Å². The maximum absolute atomic E-state index is 11.9. The molecule has 5 rings (SSSR count). The maximum atomic E-state index is 11.9. The number of phenolic OH excluding ortho intramolecular Hbond substituents is 5. The summed E-state index contributed by atoms with van der Waals surface area (Å²) >= 11 is 0. The molecule has 5 aromatic carbocycles. The van der Waals surface area contributed by atoms with Crippen molar-refractivity contribution in [2.45, 2.75) is 217 Å². The molecule has 0 saturated carbocycles. The second-order valence-electron chi connectivity index (χ2n) is 22.6. The third-order valence-electron chi connectivity index (χ3n) is 14.0. The molecule has 0 aliphatic rings. The lowest BCUT2D eigenvalue weighted by molar-refractivity contribution is -0.156. The number of ether oxygens (including phenoxy) is 4. The summed E-state index contributed by atoms with van der Waals surface area (Å²) in [4.78, 5) is 70.4. The minimum Gasteiger partial charge on any atom is -0.508 e. The van der Waals surface area contributed by atoms with Crippen molar-refractivity contribution in [2.24, 2.45) is 27.1 Å². The Labute approximate surface area is 564 Å². The maximum Gasteiger partial charge on any atom is 0.338 e. The summed E-state index contributed by atoms with van der Waals surface area (Å²) in [6, 6.07) is 30.1. The fourth-order valence-electron chi connectivity index (χ4n) is 5.64. The smallest absolute Gasteiger partial charge is 0.338 e. The minimum atomic E-state index is -0.527. The van der Waals surface area contributed by atoms with Gasteiger partial charge in [0.05, 0.1) is 23.5 Å². The third kappa shape index (κ3) is 39.0. The van der Waals surface area contributed by atoms with E-state index >= 15 is 0 Å². The Kier molecular flexibility index (Phi) is 57.5. The molecule has 0 fully saturated rings. The number of hydrogen-bond donors (Lipinski definition) is 8. The van der Waals surface area contributed by atoms with Crippen LogP contribution in [0.1, 0.15) is 226 Å². The van der Waals surface area contributed by atoms with E-state index in [1.165, 1.54) is 43.5 Å². The highest BCUT2D eigenvalue weighted by Gasteiger charge is 2.29. The summed E-state index contributed by atoms with van der Waals surface area (Å²) in [7, 11) is 1.47. The van der Waals surface area contributed by atoms with Gasteiger partial charge in [-0.05, 0) is 150 Å². The van der Waals surface area contributed by atoms with Crippen molar-refractivity contribution in [3.63, 3.8) is 0 Å². The van der Waals surface area contributed by atoms with Gasteiger partial charge >= 0.3 is 17.9 Å². The highest BCUT2D eigenvalue weighted by Crippen LogP contribution is 2.31. The van der Waals surface area contributed by atoms with Crippen LogP contribution in [0.2, 0.25) is 0 Å². The van der Waals surface area contributed by atoms with Crippen LogP contribution in [-0.2, 0) is 44.8 Å². The zero-order chi connectivity index (χ0) is 63.4. The first kappa shape index (κ1) is 106. The average Bonchev–Trinajstić information content (AvgIpc) is 1.66. The van der Waals surface area contributed by atoms with E-state index in [9.17, 15) is 39.0 Å². The number of esters is 3. The molecule has 18 nitrogen and oxygen atoms in total. The fourth-order valence-corrected chi connectivity index (χ4v) is 5.64. The molecule has 0 radical (unpaired) electrons. The topological polar surface area (TPSA) is 277 Å². The number of nitrogens with one attached hydrogen (secondary N) is 3. The number of carbonyl (C=O) groups excluding carboxylic acids is 6. The molecule has 3 amide bonds. The Balaban J connectivity index is -0.000000113. The highest BCUT2D eigenvalue weighted by atomic mass is 16.6. The van der Waals surface area contributed by atoms with Gasteiger partial charge in [-0.15, -0.1) is 0 Å². The van der Waals surface area contributed by atoms with Crippen molar-refractivity contribution in [3.8, 4) is 34.5 Å². The van der Waals surface area contributed by atoms with Gasteiger partial charge in [-0.3, -0.25) is 24.0 Å². The van der Waals surface area contributed by atoms with E-state index in [4.69, 9.17) is 34.3 Å². The number of rotatable bonds is 20. The highest BCUT2D eigenvalue weighted by molar-refractivity contribution is 5.96. The summed E-state index contributed by atoms with van der Waals surface area (Å²) in [6.45, 7) is 28.8. The number of carbonyl (C=O) groups is 6. The van der Waals surface area contributed by atoms with Gasteiger partial charge in [-0.2, -0.15) is 0 Å². The van der Waals surface area contributed by atoms with Crippen LogP contribution >= 0.6 is 0 Å². The van der Waals surface area contributed by atoms with Crippen LogP contribution in [0.4, 0.5) is 17.1 Å². The zero-order valence-corrected chi connectivity index (χ0v) is 51.4. The normalized spacial score (nSPS) is 9.89. The molecule has 0 spiro atoms. The lowest BCUT2D eigenvalue weighted by Gasteiger charge is -2.21. The van der Waals surface area contributed by atoms with Gasteiger partial charge in [0.25, 0.3) is 0 Å². The molecule has 0 aliphatic carbocycles. The largest absolute Gasteiger partial charge is 0.508 e. The molecule has 0 aliphatic heterocycles. The molecule has 536 valence electrons. The van der Waals surface area contributed by atoms with Crippen molar-refractivity contribution in [1.29, 1.82) is 0 Å². The molecular weight excluding hydrogens is 1180 g/mol. The lowest BCUT2D eigenvalue weighted by Crippen LogP contribution is -2.29. The minimum absolute atomic E-state index is 0. The van der Waals surface area contributed by atoms with Crippen LogP contribution in [0.15, 0.2) is 115 Å². The summed E-state index contributed by atoms with van der Waals surface area (Å²) < 4.78 is 20.2. The molecule has 0 heterocycles. The van der Waals surface area contributed by atoms with Crippen molar-refractivity contribution in [3.05, 3.63) is 126 Å². The van der Waals surface area contributed by atoms with Crippen molar-refractivity contribution < 1.29 is 73.2 Å². The van der Waals surface area contributed by atoms with Crippen LogP contribution in [-0.4, -0.2) is 81.5 Å². The SMILES string of the molecule is C.C.C.C.C.C.C.C.C.C.CCC(C)(C)C(=O)Nc1ccc(O)c(OC)c1.CCC(C)(C)C(=O)Nc1ccc(O)cc1.CCC(C)(C)C(=O)Nc1cccc(O)c1.CCC(C)(C)C(=O)OCCOC(=O)c1ccc(O)cc1.CCC(C)(C)C(=O)OCc1ccc(O)cc1. The van der Waals surface area contributed by atoms with Crippen LogP contribution in [0, 0.1) is 27.1 Å². The van der Waals surface area contributed by atoms with Crippen molar-refractivity contribution >= 4 is 52.7 Å². The molecule has 18 heteroatoms. The van der Waals surface area contributed by atoms with E-state index in [0.29, 0.717) is 34.8 Å². The average molecular weight is 1310 g/mol. The van der Waals surface area contributed by atoms with E-state index in [0.717, 1.165) is 31.2 Å². The third-order valence-corrected chi connectivity index (χ3v) is 14.0. The van der Waals surface area contributed by atoms with Gasteiger partial charge in [0.1, 0.15) is 42.8 Å². The molecule has 0 aromatic heterocycles. The summed E-state index contributed by atoms with van der Waals surface area (Å²) in [5.41, 5.74) is 1.04. The summed E-state index contributed by atoms with van der Waals surface area (Å²) in [6.07, 6.45) is 3.75. The zero-order valence-electron chi connectivity index (χ0n) is 51.4. The monoisotopic (exact) mass is 1310 g/mol. The van der Waals surface area contributed by atoms with Crippen LogP contribution in [0.3, 0.4) is 0 Å². The molecule has 0 bridgehead atoms. The van der Waals surface area contributed by atoms with Crippen LogP contribution < -0.4 is 20.7 Å². The summed E-state index contributed by atoms with van der Waals surface area (Å²) in [5, 5.41) is 54.3. The molecular formula is C75H131N3O15. The van der Waals surface area contributed by atoms with E-state index in [-0.39, 0.29) is 163 Å². The Morgan fingerprint density at radius 2 is 0.710 bits per heavy atom. The Morgan fingerprint density at radius 3 is 1.09 bits per heavy atom. The first-order valence-electron chi connectivity index (χ1n) is 27.6. The predicted octanol–water partition coefficient (Wildman–Crippen LogP) is 20.1. The second-order valence-corrected chi connectivity index (χ2v) is 22.6. The number of amides is 3. The van der Waals surface area contributed by atoms with Gasteiger partial charge in [0.15, 0.2) is 11.5 Å². The molecule has 8 N–H and O–H groups in total. The van der Waals surface area contributed by atoms with Gasteiger partial charge in [0.2, 0.25) is 17.7 Å². The molecule has 5 aromatic rings. The van der Waals surface area contributed by atoms with E-state index < -0.39 is 22.2 Å². The number of aromatic hydroxyl groups is 5. The van der Waals surface area contributed by atoms with E-state index in [1.54, 1.807) is 92.7 Å². The standard InChI is InChI=1S/C15H20O5.C13H19NO3.C13H18O3.2C12H17NO2.10CH4/c1-4-15(2,3)14(18)20-10-9-19-13(17)11-5-7-12(16)8-6-11;1-5-13(2,3)12(16)14-9-6-7-10(15)11(8-9)17-4;1-4-13(2,3)12(15)16-9-10-5-7-11(14)8-6-10;1-4-12(2,3)11(15)13-9-5-7-10(14)8-6-9;1-4-12(2,3)11(15)13-9-6-5-7-10(14)8-9;;;;;;;;;;/h5-8,16H,4,9-10H2,1-3H3;6-8,15H,5H2,1-4H3,(H,14,16);5-8,14H,4,9H2,1-3H3;2*5-8,14H,4H2,1-3H3,(H,13,15);10*1H4. The van der Waals surface area contributed by atoms with Gasteiger partial charge in [-0.25, -0.2) is 4.79 Å². The Bertz CT molecular complexity index is 2830. The Hall–Kier alpha value is -8.28. The molecule has 93 heavy (non-hydrogen) atoms. The first-order chi connectivity index (χ1) is 38.6. The number of phenols is 5. The Morgan fingerprint density at radius 1 is 0.376 bits per heavy atom. The quantitative estimate of drug-likeness (QED) is 0.0156. The second kappa shape index (κ2) is 50.3. The van der Waals surface area contributed by atoms with Gasteiger partial charge in [0, 0.05) is 45.4 Å². The van der Waals surface area contributed by atoms with Crippen LogP contribution in [0.25, 0.3) is 0 Å². The number of hydrogen-bond acceptors (Lipinski definition) is 15. The summed E-state index contributed by atoms with van der Waals surface area (Å²) in [5.74, 6) is -0.0537. The van der Waals surface area contributed by atoms with Gasteiger partial charge in [-0.1, -0.05) is 169 Å². The van der Waals surface area contributed by atoms with Crippen LogP contribution in [0.5, 0.6) is 34.5 Å². The van der Waals surface area contributed by atoms with Gasteiger partial charge < -0.3 is 60.4 Å². The first-order valence-corrected chi connectivity index (χ1v) is 27.6. The molecule has 0 atom stereocenters. The predicted molar refractivity (Wildman–Crippen MR) is 392 cm³/mol. The van der Waals surface area contributed by atoms with Crippen molar-refractivity contribution in [2.75, 3.05) is 36.3 Å². The number of benzene rings is 5. The van der Waals surface area contributed by atoms with E-state index in [2.05, 4.69) is 16.0 Å². The number of anilines is 3. The fraction of sp³-hybridized carbons (Fsp3) is 0.520.